The summed E-state index contributed by atoms with van der Waals surface area (Å²) in [5.41, 5.74) is 0.668. The van der Waals surface area contributed by atoms with Crippen molar-refractivity contribution in [3.05, 3.63) is 30.1 Å². The summed E-state index contributed by atoms with van der Waals surface area (Å²) in [5, 5.41) is 0. The molecule has 1 saturated heterocycles. The number of ketones is 1. The Balaban J connectivity index is 1.98. The minimum absolute atomic E-state index is 0.0365. The van der Waals surface area contributed by atoms with E-state index in [1.165, 1.54) is 0 Å². The van der Waals surface area contributed by atoms with Crippen molar-refractivity contribution in [2.75, 3.05) is 13.1 Å². The Kier molecular flexibility index (Phi) is 3.52. The average Bonchev–Trinajstić information content (AvgIpc) is 2.39. The van der Waals surface area contributed by atoms with Gasteiger partial charge < -0.3 is 4.90 Å². The van der Waals surface area contributed by atoms with Gasteiger partial charge in [0.25, 0.3) is 5.91 Å². The van der Waals surface area contributed by atoms with Crippen LogP contribution in [0.2, 0.25) is 0 Å². The molecule has 1 fully saturated rings. The molecule has 0 atom stereocenters. The van der Waals surface area contributed by atoms with Gasteiger partial charge in [0.05, 0.1) is 0 Å². The molecule has 2 rings (SSSR count). The lowest BCUT2D eigenvalue weighted by molar-refractivity contribution is -0.121. The SMILES string of the molecule is CC(=O)C1CCN(C(=O)c2ccncc2)CC1. The first kappa shape index (κ1) is 11.8. The molecule has 4 nitrogen and oxygen atoms in total. The topological polar surface area (TPSA) is 50.3 Å². The lowest BCUT2D eigenvalue weighted by Gasteiger charge is -2.30. The summed E-state index contributed by atoms with van der Waals surface area (Å²) in [6.07, 6.45) is 4.81. The number of rotatable bonds is 2. The maximum absolute atomic E-state index is 12.1. The summed E-state index contributed by atoms with van der Waals surface area (Å²) in [6.45, 7) is 2.97. The van der Waals surface area contributed by atoms with Crippen LogP contribution < -0.4 is 0 Å². The van der Waals surface area contributed by atoms with E-state index in [1.54, 1.807) is 31.5 Å². The van der Waals surface area contributed by atoms with Gasteiger partial charge in [0, 0.05) is 37.0 Å². The molecule has 1 aliphatic heterocycles. The van der Waals surface area contributed by atoms with E-state index in [0.29, 0.717) is 18.7 Å². The second kappa shape index (κ2) is 5.08. The van der Waals surface area contributed by atoms with Crippen molar-refractivity contribution in [1.29, 1.82) is 0 Å². The van der Waals surface area contributed by atoms with Gasteiger partial charge in [-0.15, -0.1) is 0 Å². The highest BCUT2D eigenvalue weighted by atomic mass is 16.2. The Labute approximate surface area is 101 Å². The third-order valence-electron chi connectivity index (χ3n) is 3.28. The van der Waals surface area contributed by atoms with Crippen molar-refractivity contribution in [2.24, 2.45) is 5.92 Å². The predicted molar refractivity (Wildman–Crippen MR) is 63.5 cm³/mol. The Morgan fingerprint density at radius 2 is 1.82 bits per heavy atom. The smallest absolute Gasteiger partial charge is 0.253 e. The third kappa shape index (κ3) is 2.70. The number of carbonyl (C=O) groups excluding carboxylic acids is 2. The molecule has 0 radical (unpaired) electrons. The number of pyridine rings is 1. The number of hydrogen-bond acceptors (Lipinski definition) is 3. The Morgan fingerprint density at radius 1 is 1.24 bits per heavy atom. The number of piperidine rings is 1. The number of likely N-dealkylation sites (tertiary alicyclic amines) is 1. The molecule has 17 heavy (non-hydrogen) atoms. The van der Waals surface area contributed by atoms with E-state index in [1.807, 2.05) is 4.90 Å². The fourth-order valence-electron chi connectivity index (χ4n) is 2.17. The van der Waals surface area contributed by atoms with Gasteiger partial charge in [0.1, 0.15) is 5.78 Å². The molecule has 1 amide bonds. The Bertz CT molecular complexity index is 409. The number of Topliss-reactive ketones (excluding diaryl/α,β-unsaturated/α-hetero) is 1. The van der Waals surface area contributed by atoms with E-state index >= 15 is 0 Å². The minimum atomic E-state index is 0.0365. The quantitative estimate of drug-likeness (QED) is 0.776. The molecular weight excluding hydrogens is 216 g/mol. The van der Waals surface area contributed by atoms with Crippen molar-refractivity contribution >= 4 is 11.7 Å². The molecule has 1 aromatic rings. The second-order valence-corrected chi connectivity index (χ2v) is 4.41. The molecule has 1 aliphatic rings. The van der Waals surface area contributed by atoms with Crippen LogP contribution in [-0.2, 0) is 4.79 Å². The molecule has 0 unspecified atom stereocenters. The van der Waals surface area contributed by atoms with Crippen LogP contribution in [0.1, 0.15) is 30.1 Å². The molecule has 1 aromatic heterocycles. The van der Waals surface area contributed by atoms with Gasteiger partial charge in [-0.25, -0.2) is 0 Å². The van der Waals surface area contributed by atoms with E-state index in [9.17, 15) is 9.59 Å². The largest absolute Gasteiger partial charge is 0.339 e. The van der Waals surface area contributed by atoms with E-state index in [2.05, 4.69) is 4.98 Å². The van der Waals surface area contributed by atoms with E-state index in [4.69, 9.17) is 0 Å². The van der Waals surface area contributed by atoms with Crippen LogP contribution in [0.4, 0.5) is 0 Å². The van der Waals surface area contributed by atoms with Crippen LogP contribution in [0.5, 0.6) is 0 Å². The molecule has 0 saturated carbocycles. The van der Waals surface area contributed by atoms with Crippen LogP contribution in [-0.4, -0.2) is 34.7 Å². The van der Waals surface area contributed by atoms with Gasteiger partial charge in [0.2, 0.25) is 0 Å². The third-order valence-corrected chi connectivity index (χ3v) is 3.28. The van der Waals surface area contributed by atoms with Crippen molar-refractivity contribution in [1.82, 2.24) is 9.88 Å². The predicted octanol–water partition coefficient (Wildman–Crippen LogP) is 1.52. The van der Waals surface area contributed by atoms with Crippen LogP contribution in [0.15, 0.2) is 24.5 Å². The van der Waals surface area contributed by atoms with Crippen molar-refractivity contribution in [3.63, 3.8) is 0 Å². The maximum atomic E-state index is 12.1. The van der Waals surface area contributed by atoms with Gasteiger partial charge in [-0.3, -0.25) is 14.6 Å². The highest BCUT2D eigenvalue weighted by Crippen LogP contribution is 2.19. The average molecular weight is 232 g/mol. The summed E-state index contributed by atoms with van der Waals surface area (Å²) in [4.78, 5) is 29.0. The zero-order valence-corrected chi connectivity index (χ0v) is 9.93. The zero-order valence-electron chi connectivity index (χ0n) is 9.93. The molecule has 0 aromatic carbocycles. The molecule has 0 spiro atoms. The highest BCUT2D eigenvalue weighted by Gasteiger charge is 2.25. The zero-order chi connectivity index (χ0) is 12.3. The maximum Gasteiger partial charge on any atom is 0.253 e. The summed E-state index contributed by atoms with van der Waals surface area (Å²) < 4.78 is 0. The first-order valence-corrected chi connectivity index (χ1v) is 5.88. The molecule has 90 valence electrons. The van der Waals surface area contributed by atoms with Crippen LogP contribution in [0.25, 0.3) is 0 Å². The summed E-state index contributed by atoms with van der Waals surface area (Å²) in [7, 11) is 0. The number of amides is 1. The molecule has 0 N–H and O–H groups in total. The first-order chi connectivity index (χ1) is 8.18. The highest BCUT2D eigenvalue weighted by molar-refractivity contribution is 5.94. The molecule has 0 aliphatic carbocycles. The molecule has 4 heteroatoms. The van der Waals surface area contributed by atoms with Gasteiger partial charge in [-0.05, 0) is 31.9 Å². The van der Waals surface area contributed by atoms with Crippen LogP contribution in [0.3, 0.4) is 0 Å². The van der Waals surface area contributed by atoms with E-state index in [0.717, 1.165) is 12.8 Å². The van der Waals surface area contributed by atoms with Gasteiger partial charge in [0.15, 0.2) is 0 Å². The molecule has 2 heterocycles. The summed E-state index contributed by atoms with van der Waals surface area (Å²) >= 11 is 0. The molecular formula is C13H16N2O2. The van der Waals surface area contributed by atoms with E-state index in [-0.39, 0.29) is 17.6 Å². The summed E-state index contributed by atoms with van der Waals surface area (Å²) in [5.74, 6) is 0.409. The lowest BCUT2D eigenvalue weighted by Crippen LogP contribution is -2.39. The van der Waals surface area contributed by atoms with Crippen LogP contribution >= 0.6 is 0 Å². The van der Waals surface area contributed by atoms with E-state index < -0.39 is 0 Å². The van der Waals surface area contributed by atoms with Crippen molar-refractivity contribution < 1.29 is 9.59 Å². The number of carbonyl (C=O) groups is 2. The summed E-state index contributed by atoms with van der Waals surface area (Å²) in [6, 6.07) is 3.44. The van der Waals surface area contributed by atoms with Crippen molar-refractivity contribution in [2.45, 2.75) is 19.8 Å². The first-order valence-electron chi connectivity index (χ1n) is 5.88. The number of hydrogen-bond donors (Lipinski definition) is 0. The number of nitrogens with zero attached hydrogens (tertiary/aromatic N) is 2. The standard InChI is InChI=1S/C13H16N2O2/c1-10(16)11-4-8-15(9-5-11)13(17)12-2-6-14-7-3-12/h2-3,6-7,11H,4-5,8-9H2,1H3. The molecule has 0 bridgehead atoms. The minimum Gasteiger partial charge on any atom is -0.339 e. The van der Waals surface area contributed by atoms with Gasteiger partial charge in [-0.2, -0.15) is 0 Å². The van der Waals surface area contributed by atoms with Gasteiger partial charge >= 0.3 is 0 Å². The van der Waals surface area contributed by atoms with Crippen molar-refractivity contribution in [3.8, 4) is 0 Å². The monoisotopic (exact) mass is 232 g/mol. The van der Waals surface area contributed by atoms with Crippen LogP contribution in [0, 0.1) is 5.92 Å². The Hall–Kier alpha value is -1.71. The lowest BCUT2D eigenvalue weighted by atomic mass is 9.93. The normalized spacial score (nSPS) is 16.9. The fourth-order valence-corrected chi connectivity index (χ4v) is 2.17. The Morgan fingerprint density at radius 3 is 2.35 bits per heavy atom. The fraction of sp³-hybridized carbons (Fsp3) is 0.462. The van der Waals surface area contributed by atoms with Gasteiger partial charge in [-0.1, -0.05) is 0 Å². The second-order valence-electron chi connectivity index (χ2n) is 4.41. The number of aromatic nitrogens is 1.